The molecule has 0 radical (unpaired) electrons. The minimum atomic E-state index is -1.82. The first kappa shape index (κ1) is 30.2. The largest absolute Gasteiger partial charge is 0.480 e. The lowest BCUT2D eigenvalue weighted by Crippen LogP contribution is -2.61. The molecule has 15 heteroatoms. The number of halogens is 4. The van der Waals surface area contributed by atoms with E-state index in [9.17, 15) is 30.0 Å². The number of hydrogen-bond donors (Lipinski definition) is 6. The van der Waals surface area contributed by atoms with E-state index in [1.165, 1.54) is 0 Å². The lowest BCUT2D eigenvalue weighted by molar-refractivity contribution is -0.271. The zero-order valence-corrected chi connectivity index (χ0v) is 26.5. The van der Waals surface area contributed by atoms with Crippen molar-refractivity contribution >= 4 is 102 Å². The zero-order chi connectivity index (χ0) is 26.9. The van der Waals surface area contributed by atoms with Crippen LogP contribution in [0.25, 0.3) is 0 Å². The lowest BCUT2D eigenvalue weighted by Gasteiger charge is -2.38. The summed E-state index contributed by atoms with van der Waals surface area (Å²) >= 11 is 8.14. The van der Waals surface area contributed by atoms with E-state index in [1.54, 1.807) is 24.3 Å². The van der Waals surface area contributed by atoms with Gasteiger partial charge in [0.1, 0.15) is 35.9 Å². The Morgan fingerprint density at radius 1 is 0.889 bits per heavy atom. The van der Waals surface area contributed by atoms with Crippen LogP contribution in [0.5, 0.6) is 17.2 Å². The van der Waals surface area contributed by atoms with E-state index in [2.05, 4.69) is 45.2 Å². The molecule has 2 aromatic rings. The van der Waals surface area contributed by atoms with E-state index in [-0.39, 0.29) is 12.2 Å². The highest BCUT2D eigenvalue weighted by Crippen LogP contribution is 2.38. The van der Waals surface area contributed by atoms with Crippen molar-refractivity contribution in [3.05, 3.63) is 44.1 Å². The first-order valence-corrected chi connectivity index (χ1v) is 14.3. The van der Waals surface area contributed by atoms with Gasteiger partial charge in [-0.3, -0.25) is 4.79 Å². The van der Waals surface area contributed by atoms with Gasteiger partial charge in [0.2, 0.25) is 6.29 Å². The van der Waals surface area contributed by atoms with Gasteiger partial charge < -0.3 is 45.5 Å². The van der Waals surface area contributed by atoms with Gasteiger partial charge in [-0.2, -0.15) is 0 Å². The minimum Gasteiger partial charge on any atom is -0.480 e. The highest BCUT2D eigenvalue weighted by Gasteiger charge is 2.48. The van der Waals surface area contributed by atoms with Crippen LogP contribution < -0.4 is 15.2 Å². The van der Waals surface area contributed by atoms with Gasteiger partial charge in [-0.1, -0.05) is 0 Å². The molecule has 1 fully saturated rings. The van der Waals surface area contributed by atoms with E-state index < -0.39 is 48.7 Å². The summed E-state index contributed by atoms with van der Waals surface area (Å²) in [7, 11) is 0. The first-order chi connectivity index (χ1) is 16.8. The molecule has 6 atom stereocenters. The molecule has 2 aromatic carbocycles. The number of rotatable bonds is 8. The van der Waals surface area contributed by atoms with Gasteiger partial charge in [-0.05, 0) is 127 Å². The minimum absolute atomic E-state index is 0.174. The molecule has 0 saturated carbocycles. The Labute approximate surface area is 259 Å². The summed E-state index contributed by atoms with van der Waals surface area (Å²) in [6.07, 6.45) is -8.42. The molecule has 0 aromatic heterocycles. The number of aliphatic hydroxyl groups excluding tert-OH is 3. The van der Waals surface area contributed by atoms with Gasteiger partial charge in [0.05, 0.1) is 14.3 Å². The lowest BCUT2D eigenvalue weighted by atomic mass is 9.99. The second-order valence-corrected chi connectivity index (χ2v) is 12.4. The molecular formula is C21H19I4NO10. The maximum Gasteiger partial charge on any atom is 0.335 e. The van der Waals surface area contributed by atoms with E-state index in [4.69, 9.17) is 25.1 Å². The molecule has 0 bridgehead atoms. The van der Waals surface area contributed by atoms with E-state index in [0.29, 0.717) is 18.6 Å². The Kier molecular flexibility index (Phi) is 10.7. The number of hydrogen-bond acceptors (Lipinski definition) is 9. The fourth-order valence-corrected chi connectivity index (χ4v) is 7.34. The third kappa shape index (κ3) is 7.01. The predicted molar refractivity (Wildman–Crippen MR) is 158 cm³/mol. The number of ether oxygens (including phenoxy) is 3. The van der Waals surface area contributed by atoms with Gasteiger partial charge >= 0.3 is 11.9 Å². The summed E-state index contributed by atoms with van der Waals surface area (Å²) in [5, 5.41) is 48.4. The molecule has 0 aliphatic carbocycles. The zero-order valence-electron chi connectivity index (χ0n) is 17.8. The smallest absolute Gasteiger partial charge is 0.335 e. The van der Waals surface area contributed by atoms with Crippen LogP contribution in [0.1, 0.15) is 5.56 Å². The van der Waals surface area contributed by atoms with Crippen molar-refractivity contribution in [2.75, 3.05) is 0 Å². The summed E-state index contributed by atoms with van der Waals surface area (Å²) in [6.45, 7) is 0. The molecule has 0 amide bonds. The number of carboxylic acids is 2. The molecule has 36 heavy (non-hydrogen) atoms. The molecule has 3 rings (SSSR count). The quantitative estimate of drug-likeness (QED) is 0.213. The van der Waals surface area contributed by atoms with Crippen LogP contribution in [0.15, 0.2) is 24.3 Å². The normalized spacial score (nSPS) is 24.7. The Morgan fingerprint density at radius 2 is 1.42 bits per heavy atom. The summed E-state index contributed by atoms with van der Waals surface area (Å²) in [5.41, 5.74) is 6.40. The molecule has 7 N–H and O–H groups in total. The molecule has 196 valence electrons. The van der Waals surface area contributed by atoms with Gasteiger partial charge in [-0.15, -0.1) is 0 Å². The SMILES string of the molecule is N[C@@H](Cc1cc(I)c(O[13c]2[13cH][13c](I)[13c](O[C@@H]3O[C@H](C(=O)O)[C@@H](O)[C@H](O)[C@H]3O)[13c](I)[13cH]2)c(I)c1)C(=O)O. The molecular weight excluding hydrogens is 940 g/mol. The molecule has 1 saturated heterocycles. The van der Waals surface area contributed by atoms with E-state index >= 15 is 0 Å². The topological polar surface area (TPSA) is 189 Å². The van der Waals surface area contributed by atoms with Crippen molar-refractivity contribution in [3.63, 3.8) is 0 Å². The Morgan fingerprint density at radius 3 is 1.92 bits per heavy atom. The number of carboxylic acid groups (broad SMARTS) is 2. The molecule has 0 unspecified atom stereocenters. The monoisotopic (exact) mass is 959 g/mol. The van der Waals surface area contributed by atoms with Gasteiger partial charge in [0.15, 0.2) is 11.9 Å². The second kappa shape index (κ2) is 12.7. The van der Waals surface area contributed by atoms with Crippen LogP contribution in [-0.2, 0) is 20.7 Å². The van der Waals surface area contributed by atoms with Gasteiger partial charge in [-0.25, -0.2) is 4.79 Å². The fourth-order valence-electron chi connectivity index (χ4n) is 3.26. The third-order valence-electron chi connectivity index (χ3n) is 5.07. The molecule has 1 aliphatic heterocycles. The highest BCUT2D eigenvalue weighted by molar-refractivity contribution is 14.1. The standard InChI is InChI=1S/C21H19I4NO10/c22-8-1-6(3-12(26)19(30)31)2-9(23)16(8)34-7-4-10(24)17(11(25)5-7)35-21-15(29)13(27)14(28)18(36-21)20(32)33/h1-2,4-5,12-15,18,21,27-29H,3,26H2,(H,30,31)(H,32,33)/t12-,13-,14-,15+,18-,21+/m0/s1/i4+1,5+1,7+1,10+1,11+1,17+1. The molecule has 1 aliphatic rings. The van der Waals surface area contributed by atoms with Crippen molar-refractivity contribution in [2.45, 2.75) is 43.2 Å². The number of aliphatic carboxylic acids is 2. The van der Waals surface area contributed by atoms with Crippen LogP contribution in [0.2, 0.25) is 0 Å². The van der Waals surface area contributed by atoms with Crippen molar-refractivity contribution < 1.29 is 49.3 Å². The van der Waals surface area contributed by atoms with E-state index in [0.717, 1.165) is 12.7 Å². The van der Waals surface area contributed by atoms with Crippen molar-refractivity contribution in [3.8, 4) is 17.2 Å². The third-order valence-corrected chi connectivity index (χ3v) is 8.27. The summed E-state index contributed by atoms with van der Waals surface area (Å²) in [4.78, 5) is 22.4. The highest BCUT2D eigenvalue weighted by atomic mass is 127. The van der Waals surface area contributed by atoms with E-state index in [1.807, 2.05) is 45.2 Å². The average Bonchev–Trinajstić information content (AvgIpc) is 2.78. The molecule has 0 spiro atoms. The first-order valence-electron chi connectivity index (χ1n) is 10.0. The van der Waals surface area contributed by atoms with Crippen molar-refractivity contribution in [1.29, 1.82) is 0 Å². The number of carbonyl (C=O) groups is 2. The molecule has 1 heterocycles. The van der Waals surface area contributed by atoms with Gasteiger partial charge in [0, 0.05) is 0 Å². The number of aliphatic hydroxyl groups is 3. The van der Waals surface area contributed by atoms with Crippen molar-refractivity contribution in [1.82, 2.24) is 0 Å². The Hall–Kier alpha value is -0.300. The molecule has 11 nitrogen and oxygen atoms in total. The average molecular weight is 959 g/mol. The van der Waals surface area contributed by atoms with Crippen LogP contribution in [-0.4, -0.2) is 74.2 Å². The van der Waals surface area contributed by atoms with Crippen LogP contribution in [0.4, 0.5) is 0 Å². The number of benzene rings is 2. The maximum atomic E-state index is 11.3. The maximum absolute atomic E-state index is 11.3. The Bertz CT molecular complexity index is 1120. The summed E-state index contributed by atoms with van der Waals surface area (Å²) < 4.78 is 19.6. The summed E-state index contributed by atoms with van der Waals surface area (Å²) in [5.74, 6) is -1.29. The van der Waals surface area contributed by atoms with Crippen molar-refractivity contribution in [2.24, 2.45) is 5.73 Å². The fraction of sp³-hybridized carbons (Fsp3) is 0.333. The van der Waals surface area contributed by atoms with Crippen LogP contribution >= 0.6 is 90.4 Å². The Balaban J connectivity index is 1.81. The predicted octanol–water partition coefficient (Wildman–Crippen LogP) is 2.12. The number of nitrogens with two attached hydrogens (primary N) is 1. The summed E-state index contributed by atoms with van der Waals surface area (Å²) in [6, 6.07) is 5.91. The second-order valence-electron chi connectivity index (χ2n) is 7.71. The van der Waals surface area contributed by atoms with Gasteiger partial charge in [0.25, 0.3) is 0 Å². The van der Waals surface area contributed by atoms with Crippen LogP contribution in [0, 0.1) is 14.3 Å². The van der Waals surface area contributed by atoms with Crippen LogP contribution in [0.3, 0.4) is 0 Å².